The van der Waals surface area contributed by atoms with Gasteiger partial charge in [0.15, 0.2) is 5.69 Å². The van der Waals surface area contributed by atoms with Gasteiger partial charge in [0.2, 0.25) is 5.91 Å². The number of carbonyl (C=O) groups excluding carboxylic acids is 2. The van der Waals surface area contributed by atoms with Crippen LogP contribution in [0.15, 0.2) is 48.5 Å². The molecule has 1 N–H and O–H groups in total. The minimum absolute atomic E-state index is 0.0527. The van der Waals surface area contributed by atoms with Crippen molar-refractivity contribution in [2.24, 2.45) is 5.92 Å². The molecule has 35 heavy (non-hydrogen) atoms. The molecule has 1 fully saturated rings. The molecule has 0 unspecified atom stereocenters. The Labute approximate surface area is 205 Å². The zero-order valence-corrected chi connectivity index (χ0v) is 20.2. The third-order valence-corrected chi connectivity index (χ3v) is 7.12. The first kappa shape index (κ1) is 23.2. The maximum absolute atomic E-state index is 13.2. The molecule has 8 nitrogen and oxygen atoms in total. The fraction of sp³-hybridized carbons (Fsp3) is 0.407. The van der Waals surface area contributed by atoms with Gasteiger partial charge in [-0.15, -0.1) is 5.10 Å². The lowest BCUT2D eigenvalue weighted by Gasteiger charge is -2.31. The Morgan fingerprint density at radius 3 is 2.54 bits per heavy atom. The zero-order valence-electron chi connectivity index (χ0n) is 20.2. The van der Waals surface area contributed by atoms with Crippen molar-refractivity contribution < 1.29 is 14.3 Å². The molecule has 8 heteroatoms. The number of aromatic nitrogens is 3. The van der Waals surface area contributed by atoms with Gasteiger partial charge in [-0.1, -0.05) is 59.3 Å². The molecule has 182 valence electrons. The minimum Gasteiger partial charge on any atom is -0.365 e. The van der Waals surface area contributed by atoms with E-state index < -0.39 is 0 Å². The molecule has 0 saturated carbocycles. The van der Waals surface area contributed by atoms with Gasteiger partial charge in [0.05, 0.1) is 18.8 Å². The molecule has 1 saturated heterocycles. The summed E-state index contributed by atoms with van der Waals surface area (Å²) >= 11 is 0. The molecule has 2 amide bonds. The summed E-state index contributed by atoms with van der Waals surface area (Å²) in [5.41, 5.74) is 5.65. The van der Waals surface area contributed by atoms with Crippen LogP contribution in [0.1, 0.15) is 57.4 Å². The number of nitrogens with zero attached hydrogens (tertiary/aromatic N) is 4. The summed E-state index contributed by atoms with van der Waals surface area (Å²) in [6.45, 7) is 6.51. The smallest absolute Gasteiger partial charge is 0.276 e. The first-order valence-corrected chi connectivity index (χ1v) is 12.2. The van der Waals surface area contributed by atoms with Crippen molar-refractivity contribution >= 4 is 11.8 Å². The van der Waals surface area contributed by atoms with E-state index in [-0.39, 0.29) is 23.8 Å². The largest absolute Gasteiger partial charge is 0.365 e. The number of benzene rings is 2. The average molecular weight is 474 g/mol. The first-order chi connectivity index (χ1) is 17.0. The molecule has 2 aliphatic rings. The maximum atomic E-state index is 13.2. The van der Waals surface area contributed by atoms with E-state index in [4.69, 9.17) is 4.74 Å². The molecule has 0 bridgehead atoms. The molecule has 3 heterocycles. The fourth-order valence-corrected chi connectivity index (χ4v) is 4.79. The van der Waals surface area contributed by atoms with Gasteiger partial charge < -0.3 is 15.0 Å². The normalized spacial score (nSPS) is 18.2. The second kappa shape index (κ2) is 10.00. The van der Waals surface area contributed by atoms with Crippen LogP contribution in [0, 0.1) is 19.8 Å². The van der Waals surface area contributed by atoms with Gasteiger partial charge in [0, 0.05) is 25.6 Å². The number of likely N-dealkylation sites (tertiary alicyclic amines) is 1. The summed E-state index contributed by atoms with van der Waals surface area (Å²) in [4.78, 5) is 27.7. The third-order valence-electron chi connectivity index (χ3n) is 7.12. The highest BCUT2D eigenvalue weighted by Crippen LogP contribution is 2.28. The van der Waals surface area contributed by atoms with E-state index in [1.54, 1.807) is 9.58 Å². The molecular weight excluding hydrogens is 442 g/mol. The molecule has 3 aromatic rings. The van der Waals surface area contributed by atoms with Crippen molar-refractivity contribution in [3.63, 3.8) is 0 Å². The number of aryl methyl sites for hydroxylation is 2. The second-order valence-electron chi connectivity index (χ2n) is 9.49. The van der Waals surface area contributed by atoms with Crippen LogP contribution >= 0.6 is 0 Å². The van der Waals surface area contributed by atoms with Gasteiger partial charge in [0.25, 0.3) is 5.91 Å². The molecule has 2 aromatic carbocycles. The van der Waals surface area contributed by atoms with Crippen LogP contribution in [-0.2, 0) is 29.2 Å². The summed E-state index contributed by atoms with van der Waals surface area (Å²) in [5.74, 6) is -0.171. The SMILES string of the molecule is Cc1ccc([C@H]2Cn3nnc(C(=O)N4CCC(C(=O)NCc5ccccc5C)CC4)c3CO2)cc1. The monoisotopic (exact) mass is 473 g/mol. The van der Waals surface area contributed by atoms with E-state index in [0.29, 0.717) is 51.3 Å². The molecule has 1 aromatic heterocycles. The number of fused-ring (bicyclic) bond motifs is 1. The van der Waals surface area contributed by atoms with Crippen LogP contribution in [-0.4, -0.2) is 44.8 Å². The third kappa shape index (κ3) is 4.98. The van der Waals surface area contributed by atoms with E-state index in [0.717, 1.165) is 16.8 Å². The Bertz CT molecular complexity index is 1210. The molecule has 0 spiro atoms. The van der Waals surface area contributed by atoms with Crippen molar-refractivity contribution in [2.75, 3.05) is 13.1 Å². The molecule has 0 radical (unpaired) electrons. The predicted octanol–water partition coefficient (Wildman–Crippen LogP) is 3.34. The lowest BCUT2D eigenvalue weighted by atomic mass is 9.95. The molecule has 2 aliphatic heterocycles. The highest BCUT2D eigenvalue weighted by Gasteiger charge is 2.33. The van der Waals surface area contributed by atoms with Crippen molar-refractivity contribution in [2.45, 2.75) is 52.5 Å². The van der Waals surface area contributed by atoms with Crippen molar-refractivity contribution in [3.05, 3.63) is 82.2 Å². The van der Waals surface area contributed by atoms with Crippen molar-refractivity contribution in [3.8, 4) is 0 Å². The van der Waals surface area contributed by atoms with Gasteiger partial charge in [-0.25, -0.2) is 4.68 Å². The number of piperidine rings is 1. The summed E-state index contributed by atoms with van der Waals surface area (Å²) < 4.78 is 7.85. The number of amides is 2. The van der Waals surface area contributed by atoms with Gasteiger partial charge in [-0.2, -0.15) is 0 Å². The molecule has 0 aliphatic carbocycles. The minimum atomic E-state index is -0.137. The average Bonchev–Trinajstić information content (AvgIpc) is 3.31. The standard InChI is InChI=1S/C27H31N5O3/c1-18-7-9-20(10-8-18)24-16-32-23(17-35-24)25(29-30-32)27(34)31-13-11-21(12-14-31)26(33)28-15-22-6-4-3-5-19(22)2/h3-10,21,24H,11-17H2,1-2H3,(H,28,33)/t24-/m1/s1. The van der Waals surface area contributed by atoms with E-state index in [2.05, 4.69) is 46.8 Å². The van der Waals surface area contributed by atoms with E-state index in [1.165, 1.54) is 11.1 Å². The first-order valence-electron chi connectivity index (χ1n) is 12.2. The zero-order chi connectivity index (χ0) is 24.4. The molecule has 5 rings (SSSR count). The number of hydrogen-bond acceptors (Lipinski definition) is 5. The Morgan fingerprint density at radius 2 is 1.80 bits per heavy atom. The predicted molar refractivity (Wildman–Crippen MR) is 130 cm³/mol. The van der Waals surface area contributed by atoms with Crippen molar-refractivity contribution in [1.29, 1.82) is 0 Å². The van der Waals surface area contributed by atoms with Crippen molar-refractivity contribution in [1.82, 2.24) is 25.2 Å². The Kier molecular flexibility index (Phi) is 6.63. The van der Waals surface area contributed by atoms with Gasteiger partial charge in [0.1, 0.15) is 6.10 Å². The number of rotatable bonds is 5. The number of ether oxygens (including phenoxy) is 1. The summed E-state index contributed by atoms with van der Waals surface area (Å²) in [6, 6.07) is 16.3. The lowest BCUT2D eigenvalue weighted by molar-refractivity contribution is -0.126. The number of hydrogen-bond donors (Lipinski definition) is 1. The molecule has 1 atom stereocenters. The highest BCUT2D eigenvalue weighted by molar-refractivity contribution is 5.93. The van der Waals surface area contributed by atoms with Crippen LogP contribution in [0.3, 0.4) is 0 Å². The van der Waals surface area contributed by atoms with Crippen LogP contribution in [0.5, 0.6) is 0 Å². The lowest BCUT2D eigenvalue weighted by Crippen LogP contribution is -2.43. The Morgan fingerprint density at radius 1 is 1.06 bits per heavy atom. The number of carbonyl (C=O) groups is 2. The fourth-order valence-electron chi connectivity index (χ4n) is 4.79. The summed E-state index contributed by atoms with van der Waals surface area (Å²) in [5, 5.41) is 11.5. The van der Waals surface area contributed by atoms with Crippen LogP contribution in [0.25, 0.3) is 0 Å². The van der Waals surface area contributed by atoms with Crippen LogP contribution < -0.4 is 5.32 Å². The summed E-state index contributed by atoms with van der Waals surface area (Å²) in [6.07, 6.45) is 1.17. The number of nitrogens with one attached hydrogen (secondary N) is 1. The molecular formula is C27H31N5O3. The van der Waals surface area contributed by atoms with Gasteiger partial charge >= 0.3 is 0 Å². The summed E-state index contributed by atoms with van der Waals surface area (Å²) in [7, 11) is 0. The van der Waals surface area contributed by atoms with E-state index in [1.807, 2.05) is 31.2 Å². The maximum Gasteiger partial charge on any atom is 0.276 e. The second-order valence-corrected chi connectivity index (χ2v) is 9.49. The Balaban J connectivity index is 1.16. The quantitative estimate of drug-likeness (QED) is 0.614. The van der Waals surface area contributed by atoms with Crippen LogP contribution in [0.4, 0.5) is 0 Å². The van der Waals surface area contributed by atoms with Gasteiger partial charge in [-0.3, -0.25) is 9.59 Å². The highest BCUT2D eigenvalue weighted by atomic mass is 16.5. The van der Waals surface area contributed by atoms with Gasteiger partial charge in [-0.05, 0) is 43.4 Å². The van der Waals surface area contributed by atoms with E-state index in [9.17, 15) is 9.59 Å². The van der Waals surface area contributed by atoms with E-state index >= 15 is 0 Å². The topological polar surface area (TPSA) is 89.4 Å². The van der Waals surface area contributed by atoms with Crippen LogP contribution in [0.2, 0.25) is 0 Å². The Hall–Kier alpha value is -3.52.